The predicted molar refractivity (Wildman–Crippen MR) is 51.0 cm³/mol. The summed E-state index contributed by atoms with van der Waals surface area (Å²) in [6.45, 7) is 0.885. The Morgan fingerprint density at radius 3 is 2.00 bits per heavy atom. The minimum Gasteiger partial charge on any atom is -0.497 e. The lowest BCUT2D eigenvalue weighted by atomic mass is 10.1. The van der Waals surface area contributed by atoms with E-state index in [1.807, 2.05) is 18.2 Å². The molecule has 0 saturated carbocycles. The van der Waals surface area contributed by atoms with Gasteiger partial charge in [0.15, 0.2) is 0 Å². The largest absolute Gasteiger partial charge is 0.497 e. The van der Waals surface area contributed by atoms with Gasteiger partial charge in [0, 0.05) is 12.5 Å². The maximum atomic E-state index is 5.14. The van der Waals surface area contributed by atoms with Crippen molar-refractivity contribution in [3.8, 4) is 11.5 Å². The van der Waals surface area contributed by atoms with Crippen LogP contribution in [-0.2, 0) is 6.42 Å². The Kier molecular flexibility index (Phi) is 3.58. The summed E-state index contributed by atoms with van der Waals surface area (Å²) in [5, 5.41) is 0. The Balaban J connectivity index is 2.93. The van der Waals surface area contributed by atoms with Crippen LogP contribution >= 0.6 is 0 Å². The van der Waals surface area contributed by atoms with Crippen LogP contribution in [0, 0.1) is 0 Å². The number of ether oxygens (including phenoxy) is 2. The van der Waals surface area contributed by atoms with Gasteiger partial charge in [-0.25, -0.2) is 0 Å². The van der Waals surface area contributed by atoms with Crippen LogP contribution in [0.15, 0.2) is 18.2 Å². The van der Waals surface area contributed by atoms with Gasteiger partial charge in [-0.3, -0.25) is 0 Å². The second kappa shape index (κ2) is 4.72. The first-order chi connectivity index (χ1) is 6.30. The van der Waals surface area contributed by atoms with E-state index in [0.717, 1.165) is 24.5 Å². The van der Waals surface area contributed by atoms with Crippen LogP contribution in [0.25, 0.3) is 0 Å². The number of benzene rings is 1. The molecule has 0 bridgehead atoms. The molecule has 0 unspecified atom stereocenters. The van der Waals surface area contributed by atoms with Crippen molar-refractivity contribution in [1.29, 1.82) is 0 Å². The highest BCUT2D eigenvalue weighted by molar-refractivity contribution is 5.38. The Labute approximate surface area is 78.5 Å². The van der Waals surface area contributed by atoms with Gasteiger partial charge in [0.2, 0.25) is 0 Å². The molecular weight excluding hydrogens is 166 g/mol. The fourth-order valence-corrected chi connectivity index (χ4v) is 1.21. The number of hydrogen-bond donors (Lipinski definition) is 1. The monoisotopic (exact) mass is 182 g/mol. The summed E-state index contributed by atoms with van der Waals surface area (Å²) in [5.41, 5.74) is 5.01. The van der Waals surface area contributed by atoms with Crippen molar-refractivity contribution < 1.29 is 15.2 Å². The van der Waals surface area contributed by atoms with Crippen LogP contribution < -0.4 is 15.2 Å². The Morgan fingerprint density at radius 2 is 1.62 bits per heavy atom. The number of methoxy groups -OCH3 is 2. The molecule has 1 rings (SSSR count). The summed E-state index contributed by atoms with van der Waals surface area (Å²) in [4.78, 5) is 0. The average molecular weight is 182 g/mol. The van der Waals surface area contributed by atoms with Crippen molar-refractivity contribution in [2.75, 3.05) is 20.8 Å². The zero-order valence-electron chi connectivity index (χ0n) is 8.17. The van der Waals surface area contributed by atoms with Gasteiger partial charge in [-0.2, -0.15) is 0 Å². The van der Waals surface area contributed by atoms with Crippen LogP contribution in [0.2, 0.25) is 0 Å². The van der Waals surface area contributed by atoms with E-state index >= 15 is 0 Å². The molecule has 3 N–H and O–H groups in total. The first kappa shape index (κ1) is 9.86. The lowest BCUT2D eigenvalue weighted by Crippen LogP contribution is -2.51. The molecule has 0 fully saturated rings. The highest BCUT2D eigenvalue weighted by atomic mass is 16.5. The van der Waals surface area contributed by atoms with E-state index in [2.05, 4.69) is 5.73 Å². The molecule has 0 spiro atoms. The van der Waals surface area contributed by atoms with Crippen molar-refractivity contribution >= 4 is 0 Å². The molecule has 3 nitrogen and oxygen atoms in total. The van der Waals surface area contributed by atoms with Crippen LogP contribution in [0.4, 0.5) is 0 Å². The second-order valence-corrected chi connectivity index (χ2v) is 2.82. The van der Waals surface area contributed by atoms with E-state index in [9.17, 15) is 0 Å². The molecule has 1 aromatic rings. The van der Waals surface area contributed by atoms with Crippen molar-refractivity contribution in [3.05, 3.63) is 23.8 Å². The predicted octanol–water partition coefficient (Wildman–Crippen LogP) is 0.488. The molecule has 0 heterocycles. The summed E-state index contributed by atoms with van der Waals surface area (Å²) in [5.74, 6) is 1.67. The number of hydrogen-bond acceptors (Lipinski definition) is 2. The molecule has 0 amide bonds. The van der Waals surface area contributed by atoms with Gasteiger partial charge in [0.05, 0.1) is 20.8 Å². The summed E-state index contributed by atoms with van der Waals surface area (Å²) in [6, 6.07) is 5.88. The zero-order valence-corrected chi connectivity index (χ0v) is 8.17. The van der Waals surface area contributed by atoms with Crippen molar-refractivity contribution in [3.63, 3.8) is 0 Å². The van der Waals surface area contributed by atoms with Gasteiger partial charge < -0.3 is 15.2 Å². The third-order valence-electron chi connectivity index (χ3n) is 1.88. The van der Waals surface area contributed by atoms with Gasteiger partial charge in [0.25, 0.3) is 0 Å². The highest BCUT2D eigenvalue weighted by Gasteiger charge is 2.01. The molecule has 72 valence electrons. The molecule has 0 aliphatic heterocycles. The topological polar surface area (TPSA) is 46.1 Å². The first-order valence-corrected chi connectivity index (χ1v) is 4.31. The number of quaternary nitrogens is 1. The van der Waals surface area contributed by atoms with E-state index in [-0.39, 0.29) is 0 Å². The average Bonchev–Trinajstić information content (AvgIpc) is 2.17. The van der Waals surface area contributed by atoms with E-state index in [1.165, 1.54) is 5.56 Å². The van der Waals surface area contributed by atoms with Crippen LogP contribution in [0.5, 0.6) is 11.5 Å². The van der Waals surface area contributed by atoms with Gasteiger partial charge in [0.1, 0.15) is 11.5 Å². The minimum absolute atomic E-state index is 0.836. The Bertz CT molecular complexity index is 251. The maximum absolute atomic E-state index is 5.14. The van der Waals surface area contributed by atoms with Crippen LogP contribution in [0.1, 0.15) is 5.56 Å². The SMILES string of the molecule is COc1cc(CC[NH3+])cc(OC)c1. The lowest BCUT2D eigenvalue weighted by Gasteiger charge is -2.06. The van der Waals surface area contributed by atoms with E-state index < -0.39 is 0 Å². The third-order valence-corrected chi connectivity index (χ3v) is 1.88. The molecule has 3 heteroatoms. The van der Waals surface area contributed by atoms with Gasteiger partial charge in [-0.15, -0.1) is 0 Å². The molecule has 0 aliphatic carbocycles. The molecular formula is C10H16NO2+. The van der Waals surface area contributed by atoms with E-state index in [4.69, 9.17) is 9.47 Å². The van der Waals surface area contributed by atoms with Crippen molar-refractivity contribution in [2.24, 2.45) is 0 Å². The molecule has 0 atom stereocenters. The molecule has 0 radical (unpaired) electrons. The normalized spacial score (nSPS) is 9.77. The van der Waals surface area contributed by atoms with Crippen molar-refractivity contribution in [2.45, 2.75) is 6.42 Å². The quantitative estimate of drug-likeness (QED) is 0.736. The molecule has 13 heavy (non-hydrogen) atoms. The zero-order chi connectivity index (χ0) is 9.68. The summed E-state index contributed by atoms with van der Waals surface area (Å²) < 4.78 is 10.3. The second-order valence-electron chi connectivity index (χ2n) is 2.82. The number of rotatable bonds is 4. The van der Waals surface area contributed by atoms with E-state index in [0.29, 0.717) is 0 Å². The summed E-state index contributed by atoms with van der Waals surface area (Å²) in [6.07, 6.45) is 0.952. The molecule has 0 aliphatic rings. The molecule has 0 aromatic heterocycles. The molecule has 0 saturated heterocycles. The van der Waals surface area contributed by atoms with Gasteiger partial charge >= 0.3 is 0 Å². The van der Waals surface area contributed by atoms with Crippen molar-refractivity contribution in [1.82, 2.24) is 0 Å². The third kappa shape index (κ3) is 2.63. The molecule has 1 aromatic carbocycles. The first-order valence-electron chi connectivity index (χ1n) is 4.31. The fraction of sp³-hybridized carbons (Fsp3) is 0.400. The van der Waals surface area contributed by atoms with Crippen LogP contribution in [-0.4, -0.2) is 20.8 Å². The highest BCUT2D eigenvalue weighted by Crippen LogP contribution is 2.22. The fourth-order valence-electron chi connectivity index (χ4n) is 1.21. The smallest absolute Gasteiger partial charge is 0.122 e. The van der Waals surface area contributed by atoms with Gasteiger partial charge in [-0.1, -0.05) is 0 Å². The Morgan fingerprint density at radius 1 is 1.08 bits per heavy atom. The lowest BCUT2D eigenvalue weighted by molar-refractivity contribution is -0.366. The summed E-state index contributed by atoms with van der Waals surface area (Å²) >= 11 is 0. The maximum Gasteiger partial charge on any atom is 0.122 e. The standard InChI is InChI=1S/C10H15NO2/c1-12-9-5-8(3-4-11)6-10(7-9)13-2/h5-7H,3-4,11H2,1-2H3/p+1. The minimum atomic E-state index is 0.836. The summed E-state index contributed by atoms with van der Waals surface area (Å²) in [7, 11) is 3.31. The Hall–Kier alpha value is -1.22. The van der Waals surface area contributed by atoms with E-state index in [1.54, 1.807) is 14.2 Å². The van der Waals surface area contributed by atoms with Crippen LogP contribution in [0.3, 0.4) is 0 Å². The van der Waals surface area contributed by atoms with Gasteiger partial charge in [-0.05, 0) is 17.7 Å².